The van der Waals surface area contributed by atoms with Gasteiger partial charge in [-0.1, -0.05) is 13.8 Å². The Morgan fingerprint density at radius 3 is 2.88 bits per heavy atom. The molecule has 0 spiro atoms. The van der Waals surface area contributed by atoms with Crippen LogP contribution in [-0.2, 0) is 4.74 Å². The van der Waals surface area contributed by atoms with E-state index in [1.165, 1.54) is 6.42 Å². The van der Waals surface area contributed by atoms with Crippen molar-refractivity contribution in [1.29, 1.82) is 0 Å². The van der Waals surface area contributed by atoms with Crippen molar-refractivity contribution in [1.82, 2.24) is 5.32 Å². The van der Waals surface area contributed by atoms with Gasteiger partial charge in [0.15, 0.2) is 0 Å². The van der Waals surface area contributed by atoms with E-state index in [4.69, 9.17) is 9.84 Å². The lowest BCUT2D eigenvalue weighted by atomic mass is 10.0. The smallest absolute Gasteiger partial charge is 0.0510 e. The maximum atomic E-state index is 8.97. The third-order valence-electron chi connectivity index (χ3n) is 3.01. The van der Waals surface area contributed by atoms with Crippen molar-refractivity contribution in [3.8, 4) is 0 Å². The van der Waals surface area contributed by atoms with E-state index in [1.54, 1.807) is 0 Å². The van der Waals surface area contributed by atoms with E-state index in [0.717, 1.165) is 31.3 Å². The average molecular weight is 247 g/mol. The molecule has 1 heterocycles. The molecule has 1 aliphatic heterocycles. The van der Waals surface area contributed by atoms with Crippen molar-refractivity contribution in [2.45, 2.75) is 26.3 Å². The fourth-order valence-corrected chi connectivity index (χ4v) is 3.23. The molecular weight excluding hydrogens is 222 g/mol. The highest BCUT2D eigenvalue weighted by molar-refractivity contribution is 7.99. The van der Waals surface area contributed by atoms with Gasteiger partial charge in [0.25, 0.3) is 0 Å². The molecule has 0 aromatic carbocycles. The zero-order valence-electron chi connectivity index (χ0n) is 10.4. The van der Waals surface area contributed by atoms with Crippen molar-refractivity contribution in [2.24, 2.45) is 11.8 Å². The number of hydrogen-bond acceptors (Lipinski definition) is 4. The Balaban J connectivity index is 2.21. The lowest BCUT2D eigenvalue weighted by Crippen LogP contribution is -2.38. The summed E-state index contributed by atoms with van der Waals surface area (Å²) in [6.07, 6.45) is 1.19. The van der Waals surface area contributed by atoms with Crippen molar-refractivity contribution >= 4 is 11.8 Å². The van der Waals surface area contributed by atoms with E-state index in [9.17, 15) is 0 Å². The van der Waals surface area contributed by atoms with Gasteiger partial charge >= 0.3 is 0 Å². The van der Waals surface area contributed by atoms with E-state index < -0.39 is 0 Å². The minimum Gasteiger partial charge on any atom is -0.396 e. The van der Waals surface area contributed by atoms with E-state index in [0.29, 0.717) is 24.5 Å². The highest BCUT2D eigenvalue weighted by atomic mass is 32.2. The summed E-state index contributed by atoms with van der Waals surface area (Å²) in [4.78, 5) is 0. The van der Waals surface area contributed by atoms with Gasteiger partial charge < -0.3 is 15.2 Å². The van der Waals surface area contributed by atoms with Crippen molar-refractivity contribution in [2.75, 3.05) is 37.9 Å². The molecule has 0 radical (unpaired) electrons. The fourth-order valence-electron chi connectivity index (χ4n) is 1.94. The van der Waals surface area contributed by atoms with Crippen LogP contribution in [0, 0.1) is 11.8 Å². The number of thioether (sulfide) groups is 1. The third-order valence-corrected chi connectivity index (χ3v) is 4.41. The molecule has 1 aliphatic rings. The predicted molar refractivity (Wildman–Crippen MR) is 70.0 cm³/mol. The summed E-state index contributed by atoms with van der Waals surface area (Å²) in [6, 6.07) is 0.573. The quantitative estimate of drug-likeness (QED) is 0.679. The molecule has 0 amide bonds. The summed E-state index contributed by atoms with van der Waals surface area (Å²) < 4.78 is 5.44. The van der Waals surface area contributed by atoms with Gasteiger partial charge in [-0.15, -0.1) is 0 Å². The molecule has 1 fully saturated rings. The van der Waals surface area contributed by atoms with E-state index >= 15 is 0 Å². The molecule has 3 nitrogen and oxygen atoms in total. The number of aliphatic hydroxyl groups is 1. The Hall–Kier alpha value is 0.230. The SMILES string of the molecule is CCNC(CSCC(C)CO)C1CCOC1. The number of nitrogens with one attached hydrogen (secondary N) is 1. The van der Waals surface area contributed by atoms with Gasteiger partial charge in [-0.2, -0.15) is 11.8 Å². The van der Waals surface area contributed by atoms with Crippen LogP contribution in [0.3, 0.4) is 0 Å². The average Bonchev–Trinajstić information content (AvgIpc) is 2.81. The molecule has 4 heteroatoms. The number of ether oxygens (including phenoxy) is 1. The second-order valence-corrected chi connectivity index (χ2v) is 5.69. The van der Waals surface area contributed by atoms with Crippen LogP contribution in [0.15, 0.2) is 0 Å². The van der Waals surface area contributed by atoms with Gasteiger partial charge in [-0.05, 0) is 24.6 Å². The van der Waals surface area contributed by atoms with Crippen molar-refractivity contribution in [3.05, 3.63) is 0 Å². The van der Waals surface area contributed by atoms with Crippen LogP contribution in [-0.4, -0.2) is 49.0 Å². The Morgan fingerprint density at radius 1 is 1.50 bits per heavy atom. The summed E-state index contributed by atoms with van der Waals surface area (Å²) in [7, 11) is 0. The zero-order chi connectivity index (χ0) is 11.8. The Labute approximate surface area is 103 Å². The maximum absolute atomic E-state index is 8.97. The number of aliphatic hydroxyl groups excluding tert-OH is 1. The minimum atomic E-state index is 0.297. The molecule has 3 unspecified atom stereocenters. The van der Waals surface area contributed by atoms with Crippen LogP contribution in [0.1, 0.15) is 20.3 Å². The van der Waals surface area contributed by atoms with Crippen LogP contribution >= 0.6 is 11.8 Å². The molecular formula is C12H25NO2S. The standard InChI is InChI=1S/C12H25NO2S/c1-3-13-12(11-4-5-15-7-11)9-16-8-10(2)6-14/h10-14H,3-9H2,1-2H3. The van der Waals surface area contributed by atoms with Gasteiger partial charge in [-0.25, -0.2) is 0 Å². The van der Waals surface area contributed by atoms with Crippen molar-refractivity contribution < 1.29 is 9.84 Å². The van der Waals surface area contributed by atoms with Gasteiger partial charge in [0, 0.05) is 30.9 Å². The molecule has 0 aliphatic carbocycles. The Bertz CT molecular complexity index is 174. The number of hydrogen-bond donors (Lipinski definition) is 2. The second-order valence-electron chi connectivity index (χ2n) is 4.61. The molecule has 16 heavy (non-hydrogen) atoms. The van der Waals surface area contributed by atoms with E-state index in [2.05, 4.69) is 19.2 Å². The molecule has 0 bridgehead atoms. The monoisotopic (exact) mass is 247 g/mol. The fraction of sp³-hybridized carbons (Fsp3) is 1.00. The summed E-state index contributed by atoms with van der Waals surface area (Å²) in [5.74, 6) is 3.27. The second kappa shape index (κ2) is 8.34. The first kappa shape index (κ1) is 14.3. The molecule has 3 atom stereocenters. The van der Waals surface area contributed by atoms with Crippen LogP contribution in [0.2, 0.25) is 0 Å². The molecule has 96 valence electrons. The van der Waals surface area contributed by atoms with Crippen LogP contribution < -0.4 is 5.32 Å². The van der Waals surface area contributed by atoms with E-state index in [1.807, 2.05) is 11.8 Å². The topological polar surface area (TPSA) is 41.5 Å². The van der Waals surface area contributed by atoms with Gasteiger partial charge in [-0.3, -0.25) is 0 Å². The molecule has 1 saturated heterocycles. The first-order valence-electron chi connectivity index (χ1n) is 6.27. The van der Waals surface area contributed by atoms with E-state index in [-0.39, 0.29) is 0 Å². The first-order valence-corrected chi connectivity index (χ1v) is 7.43. The summed E-state index contributed by atoms with van der Waals surface area (Å²) in [5, 5.41) is 12.5. The van der Waals surface area contributed by atoms with Crippen molar-refractivity contribution in [3.63, 3.8) is 0 Å². The molecule has 0 aromatic heterocycles. The summed E-state index contributed by atoms with van der Waals surface area (Å²) in [6.45, 7) is 7.40. The Kier molecular flexibility index (Phi) is 7.45. The number of rotatable bonds is 8. The predicted octanol–water partition coefficient (Wildman–Crippen LogP) is 1.36. The maximum Gasteiger partial charge on any atom is 0.0510 e. The van der Waals surface area contributed by atoms with Gasteiger partial charge in [0.05, 0.1) is 6.61 Å². The molecule has 0 saturated carbocycles. The lowest BCUT2D eigenvalue weighted by Gasteiger charge is -2.23. The summed E-state index contributed by atoms with van der Waals surface area (Å²) >= 11 is 1.94. The first-order chi connectivity index (χ1) is 7.77. The van der Waals surface area contributed by atoms with Crippen LogP contribution in [0.4, 0.5) is 0 Å². The highest BCUT2D eigenvalue weighted by Gasteiger charge is 2.24. The lowest BCUT2D eigenvalue weighted by molar-refractivity contribution is 0.179. The highest BCUT2D eigenvalue weighted by Crippen LogP contribution is 2.20. The van der Waals surface area contributed by atoms with Gasteiger partial charge in [0.1, 0.15) is 0 Å². The molecule has 1 rings (SSSR count). The minimum absolute atomic E-state index is 0.297. The van der Waals surface area contributed by atoms with Crippen LogP contribution in [0.25, 0.3) is 0 Å². The molecule has 2 N–H and O–H groups in total. The normalized spacial score (nSPS) is 24.6. The van der Waals surface area contributed by atoms with Crippen LogP contribution in [0.5, 0.6) is 0 Å². The zero-order valence-corrected chi connectivity index (χ0v) is 11.3. The van der Waals surface area contributed by atoms with Gasteiger partial charge in [0.2, 0.25) is 0 Å². The third kappa shape index (κ3) is 5.04. The largest absolute Gasteiger partial charge is 0.396 e. The molecule has 0 aromatic rings. The summed E-state index contributed by atoms with van der Waals surface area (Å²) in [5.41, 5.74) is 0. The Morgan fingerprint density at radius 2 is 2.31 bits per heavy atom.